The van der Waals surface area contributed by atoms with Crippen molar-refractivity contribution in [3.05, 3.63) is 59.9 Å². The molecule has 1 aliphatic rings. The quantitative estimate of drug-likeness (QED) is 0.324. The van der Waals surface area contributed by atoms with Crippen LogP contribution in [0.2, 0.25) is 0 Å². The molecule has 0 bridgehead atoms. The molecule has 7 nitrogen and oxygen atoms in total. The Morgan fingerprint density at radius 3 is 2.70 bits per heavy atom. The summed E-state index contributed by atoms with van der Waals surface area (Å²) >= 11 is 0. The Morgan fingerprint density at radius 1 is 1.11 bits per heavy atom. The average Bonchev–Trinajstić information content (AvgIpc) is 3.16. The molecule has 27 heavy (non-hydrogen) atoms. The van der Waals surface area contributed by atoms with Gasteiger partial charge in [0, 0.05) is 42.1 Å². The van der Waals surface area contributed by atoms with E-state index in [2.05, 4.69) is 10.1 Å². The second kappa shape index (κ2) is 7.11. The summed E-state index contributed by atoms with van der Waals surface area (Å²) in [6.07, 6.45) is 6.86. The number of oxime groups is 1. The van der Waals surface area contributed by atoms with Crippen LogP contribution in [0.25, 0.3) is 16.7 Å². The molecule has 0 unspecified atom stereocenters. The topological polar surface area (TPSA) is 96.7 Å². The number of hydrogen-bond acceptors (Lipinski definition) is 4. The number of likely N-dealkylation sites (tertiary alicyclic amines) is 1. The third-order valence-electron chi connectivity index (χ3n) is 4.94. The van der Waals surface area contributed by atoms with Gasteiger partial charge in [0.2, 0.25) is 0 Å². The van der Waals surface area contributed by atoms with E-state index in [1.165, 1.54) is 6.42 Å². The number of carbonyl (C=O) groups is 1. The molecule has 0 atom stereocenters. The maximum Gasteiger partial charge on any atom is 0.255 e. The maximum absolute atomic E-state index is 12.7. The highest BCUT2D eigenvalue weighted by atomic mass is 16.4. The maximum atomic E-state index is 12.7. The molecule has 2 aromatic heterocycles. The number of amides is 1. The van der Waals surface area contributed by atoms with Crippen LogP contribution in [0.3, 0.4) is 0 Å². The fourth-order valence-electron chi connectivity index (χ4n) is 3.50. The Labute approximate surface area is 156 Å². The summed E-state index contributed by atoms with van der Waals surface area (Å²) in [4.78, 5) is 19.1. The molecule has 7 heteroatoms. The van der Waals surface area contributed by atoms with E-state index in [0.717, 1.165) is 42.7 Å². The lowest BCUT2D eigenvalue weighted by molar-refractivity contribution is 0.0724. The first kappa shape index (κ1) is 17.1. The van der Waals surface area contributed by atoms with Crippen LogP contribution in [0.5, 0.6) is 0 Å². The summed E-state index contributed by atoms with van der Waals surface area (Å²) in [5, 5.41) is 12.8. The van der Waals surface area contributed by atoms with Crippen LogP contribution in [0.1, 0.15) is 35.2 Å². The number of rotatable bonds is 3. The van der Waals surface area contributed by atoms with E-state index in [-0.39, 0.29) is 11.7 Å². The smallest absolute Gasteiger partial charge is 0.255 e. The standard InChI is InChI=1S/C20H21N5O2/c21-18(23-27)14-5-4-6-17(12-14)25-10-7-15-11-16(13-22-19(15)25)20(26)24-8-2-1-3-9-24/h4-7,10-13,27H,1-3,8-9H2,(H2,21,23). The molecular weight excluding hydrogens is 342 g/mol. The third-order valence-corrected chi connectivity index (χ3v) is 4.94. The fourth-order valence-corrected chi connectivity index (χ4v) is 3.50. The molecule has 0 aliphatic carbocycles. The first-order valence-corrected chi connectivity index (χ1v) is 9.02. The number of nitrogens with two attached hydrogens (primary N) is 1. The molecule has 1 aromatic carbocycles. The van der Waals surface area contributed by atoms with Crippen molar-refractivity contribution in [1.82, 2.24) is 14.5 Å². The number of amidine groups is 1. The van der Waals surface area contributed by atoms with E-state index in [9.17, 15) is 4.79 Å². The highest BCUT2D eigenvalue weighted by Crippen LogP contribution is 2.22. The number of benzene rings is 1. The number of carbonyl (C=O) groups excluding carboxylic acids is 1. The zero-order valence-electron chi connectivity index (χ0n) is 14.9. The van der Waals surface area contributed by atoms with Gasteiger partial charge in [-0.2, -0.15) is 0 Å². The molecule has 0 radical (unpaired) electrons. The van der Waals surface area contributed by atoms with Crippen molar-refractivity contribution in [1.29, 1.82) is 0 Å². The normalized spacial score (nSPS) is 15.3. The summed E-state index contributed by atoms with van der Waals surface area (Å²) in [6.45, 7) is 1.64. The molecule has 1 amide bonds. The molecule has 138 valence electrons. The monoisotopic (exact) mass is 363 g/mol. The van der Waals surface area contributed by atoms with E-state index in [4.69, 9.17) is 10.9 Å². The summed E-state index contributed by atoms with van der Waals surface area (Å²) in [6, 6.07) is 11.2. The van der Waals surface area contributed by atoms with Crippen molar-refractivity contribution in [3.8, 4) is 5.69 Å². The van der Waals surface area contributed by atoms with Crippen molar-refractivity contribution >= 4 is 22.8 Å². The highest BCUT2D eigenvalue weighted by Gasteiger charge is 2.19. The van der Waals surface area contributed by atoms with Crippen molar-refractivity contribution in [2.24, 2.45) is 10.9 Å². The number of pyridine rings is 1. The van der Waals surface area contributed by atoms with Gasteiger partial charge in [0.05, 0.1) is 5.56 Å². The first-order chi connectivity index (χ1) is 13.2. The minimum absolute atomic E-state index is 0.0470. The Balaban J connectivity index is 1.68. The predicted molar refractivity (Wildman–Crippen MR) is 103 cm³/mol. The Bertz CT molecular complexity index is 1020. The van der Waals surface area contributed by atoms with Gasteiger partial charge in [-0.15, -0.1) is 0 Å². The third kappa shape index (κ3) is 3.23. The van der Waals surface area contributed by atoms with Crippen LogP contribution in [0, 0.1) is 0 Å². The zero-order chi connectivity index (χ0) is 18.8. The second-order valence-electron chi connectivity index (χ2n) is 6.71. The Morgan fingerprint density at radius 2 is 1.93 bits per heavy atom. The molecule has 0 spiro atoms. The van der Waals surface area contributed by atoms with E-state index in [1.807, 2.05) is 46.0 Å². The van der Waals surface area contributed by atoms with Crippen molar-refractivity contribution in [2.75, 3.05) is 13.1 Å². The Kier molecular flexibility index (Phi) is 4.50. The van der Waals surface area contributed by atoms with Gasteiger partial charge in [0.25, 0.3) is 5.91 Å². The molecule has 1 fully saturated rings. The molecule has 0 saturated carbocycles. The lowest BCUT2D eigenvalue weighted by Crippen LogP contribution is -2.35. The molecule has 3 N–H and O–H groups in total. The fraction of sp³-hybridized carbons (Fsp3) is 0.250. The summed E-state index contributed by atoms with van der Waals surface area (Å²) < 4.78 is 1.92. The minimum atomic E-state index is 0.0470. The van der Waals surface area contributed by atoms with Gasteiger partial charge in [-0.05, 0) is 43.5 Å². The van der Waals surface area contributed by atoms with Gasteiger partial charge < -0.3 is 20.4 Å². The van der Waals surface area contributed by atoms with Crippen LogP contribution in [0.4, 0.5) is 0 Å². The number of nitrogens with zero attached hydrogens (tertiary/aromatic N) is 4. The molecule has 4 rings (SSSR count). The summed E-state index contributed by atoms with van der Waals surface area (Å²) in [7, 11) is 0. The van der Waals surface area contributed by atoms with Gasteiger partial charge in [-0.25, -0.2) is 4.98 Å². The highest BCUT2D eigenvalue weighted by molar-refractivity contribution is 5.98. The van der Waals surface area contributed by atoms with Crippen LogP contribution in [-0.4, -0.2) is 44.5 Å². The van der Waals surface area contributed by atoms with Gasteiger partial charge in [-0.3, -0.25) is 4.79 Å². The molecule has 1 aliphatic heterocycles. The number of hydrogen-bond donors (Lipinski definition) is 2. The summed E-state index contributed by atoms with van der Waals surface area (Å²) in [5.41, 5.74) is 8.52. The molecule has 3 aromatic rings. The van der Waals surface area contributed by atoms with Gasteiger partial charge in [-0.1, -0.05) is 17.3 Å². The van der Waals surface area contributed by atoms with E-state index in [0.29, 0.717) is 11.1 Å². The van der Waals surface area contributed by atoms with Crippen LogP contribution >= 0.6 is 0 Å². The minimum Gasteiger partial charge on any atom is -0.409 e. The SMILES string of the molecule is N/C(=N\O)c1cccc(-n2ccc3cc(C(=O)N4CCCCC4)cnc32)c1. The van der Waals surface area contributed by atoms with Crippen molar-refractivity contribution in [3.63, 3.8) is 0 Å². The Hall–Kier alpha value is -3.35. The molecule has 1 saturated heterocycles. The number of piperidine rings is 1. The first-order valence-electron chi connectivity index (χ1n) is 9.02. The van der Waals surface area contributed by atoms with E-state index >= 15 is 0 Å². The van der Waals surface area contributed by atoms with Gasteiger partial charge in [0.15, 0.2) is 5.84 Å². The molecular formula is C20H21N5O2. The van der Waals surface area contributed by atoms with Gasteiger partial charge >= 0.3 is 0 Å². The van der Waals surface area contributed by atoms with Crippen LogP contribution in [0.15, 0.2) is 53.9 Å². The summed E-state index contributed by atoms with van der Waals surface area (Å²) in [5.74, 6) is 0.0986. The zero-order valence-corrected chi connectivity index (χ0v) is 14.9. The molecule has 3 heterocycles. The lowest BCUT2D eigenvalue weighted by atomic mass is 10.1. The number of fused-ring (bicyclic) bond motifs is 1. The predicted octanol–water partition coefficient (Wildman–Crippen LogP) is 2.75. The van der Waals surface area contributed by atoms with E-state index < -0.39 is 0 Å². The van der Waals surface area contributed by atoms with Crippen molar-refractivity contribution in [2.45, 2.75) is 19.3 Å². The average molecular weight is 363 g/mol. The van der Waals surface area contributed by atoms with Crippen LogP contribution in [-0.2, 0) is 0 Å². The van der Waals surface area contributed by atoms with Crippen molar-refractivity contribution < 1.29 is 10.0 Å². The van der Waals surface area contributed by atoms with Crippen LogP contribution < -0.4 is 5.73 Å². The number of aromatic nitrogens is 2. The second-order valence-corrected chi connectivity index (χ2v) is 6.71. The lowest BCUT2D eigenvalue weighted by Gasteiger charge is -2.26. The van der Waals surface area contributed by atoms with Gasteiger partial charge in [0.1, 0.15) is 5.65 Å². The van der Waals surface area contributed by atoms with E-state index in [1.54, 1.807) is 12.3 Å². The largest absolute Gasteiger partial charge is 0.409 e.